The second kappa shape index (κ2) is 11.4. The minimum atomic E-state index is -4.17. The van der Waals surface area contributed by atoms with Crippen molar-refractivity contribution in [3.05, 3.63) is 29.8 Å². The number of aliphatic imine (C=N–C) groups is 1. The van der Waals surface area contributed by atoms with E-state index in [1.54, 1.807) is 0 Å². The van der Waals surface area contributed by atoms with Crippen molar-refractivity contribution in [1.29, 1.82) is 0 Å². The predicted molar refractivity (Wildman–Crippen MR) is 101 cm³/mol. The summed E-state index contributed by atoms with van der Waals surface area (Å²) in [6.07, 6.45) is -5.07. The molecule has 4 nitrogen and oxygen atoms in total. The van der Waals surface area contributed by atoms with Crippen LogP contribution in [-0.4, -0.2) is 38.9 Å². The van der Waals surface area contributed by atoms with Crippen molar-refractivity contribution in [1.82, 2.24) is 10.6 Å². The van der Waals surface area contributed by atoms with Crippen molar-refractivity contribution >= 4 is 29.9 Å². The molecule has 0 aromatic heterocycles. The Morgan fingerprint density at radius 2 is 1.71 bits per heavy atom. The zero-order chi connectivity index (χ0) is 17.3. The summed E-state index contributed by atoms with van der Waals surface area (Å²) in [4.78, 5) is 3.85. The Balaban J connectivity index is 0.00000529. The van der Waals surface area contributed by atoms with Crippen molar-refractivity contribution in [3.8, 4) is 5.75 Å². The zero-order valence-corrected chi connectivity index (χ0v) is 16.4. The maximum absolute atomic E-state index is 12.1. The van der Waals surface area contributed by atoms with Gasteiger partial charge >= 0.3 is 6.18 Å². The first kappa shape index (κ1) is 22.8. The predicted octanol–water partition coefficient (Wildman–Crippen LogP) is 3.92. The molecule has 24 heavy (non-hydrogen) atoms. The summed E-state index contributed by atoms with van der Waals surface area (Å²) in [6.45, 7) is 4.87. The van der Waals surface area contributed by atoms with Gasteiger partial charge in [-0.1, -0.05) is 26.0 Å². The third-order valence-electron chi connectivity index (χ3n) is 3.13. The SMILES string of the molecule is CN=C(NCCOc1ccc(C(C)C)cc1)NCCC(F)(F)F.I. The molecule has 0 radical (unpaired) electrons. The molecule has 0 unspecified atom stereocenters. The second-order valence-corrected chi connectivity index (χ2v) is 5.36. The van der Waals surface area contributed by atoms with Gasteiger partial charge in [0.15, 0.2) is 5.96 Å². The van der Waals surface area contributed by atoms with E-state index in [0.29, 0.717) is 25.0 Å². The molecule has 0 saturated heterocycles. The summed E-state index contributed by atoms with van der Waals surface area (Å²) < 4.78 is 41.8. The lowest BCUT2D eigenvalue weighted by atomic mass is 10.0. The Morgan fingerprint density at radius 1 is 1.12 bits per heavy atom. The molecule has 0 heterocycles. The van der Waals surface area contributed by atoms with Gasteiger partial charge in [0.1, 0.15) is 12.4 Å². The van der Waals surface area contributed by atoms with Crippen LogP contribution in [0.15, 0.2) is 29.3 Å². The van der Waals surface area contributed by atoms with E-state index in [9.17, 15) is 13.2 Å². The Labute approximate surface area is 158 Å². The number of ether oxygens (including phenoxy) is 1. The average molecular weight is 459 g/mol. The van der Waals surface area contributed by atoms with Crippen molar-refractivity contribution < 1.29 is 17.9 Å². The van der Waals surface area contributed by atoms with E-state index in [1.165, 1.54) is 12.6 Å². The highest BCUT2D eigenvalue weighted by Crippen LogP contribution is 2.19. The van der Waals surface area contributed by atoms with E-state index in [2.05, 4.69) is 29.5 Å². The summed E-state index contributed by atoms with van der Waals surface area (Å²) >= 11 is 0. The average Bonchev–Trinajstić information content (AvgIpc) is 2.49. The van der Waals surface area contributed by atoms with Gasteiger partial charge in [0.25, 0.3) is 0 Å². The van der Waals surface area contributed by atoms with Gasteiger partial charge < -0.3 is 15.4 Å². The monoisotopic (exact) mass is 459 g/mol. The third-order valence-corrected chi connectivity index (χ3v) is 3.13. The maximum Gasteiger partial charge on any atom is 0.390 e. The fourth-order valence-corrected chi connectivity index (χ4v) is 1.83. The molecule has 0 bridgehead atoms. The molecule has 138 valence electrons. The van der Waals surface area contributed by atoms with Crippen LogP contribution in [0.25, 0.3) is 0 Å². The van der Waals surface area contributed by atoms with Crippen LogP contribution in [0.2, 0.25) is 0 Å². The fourth-order valence-electron chi connectivity index (χ4n) is 1.83. The molecular formula is C16H25F3IN3O. The van der Waals surface area contributed by atoms with Gasteiger partial charge in [0, 0.05) is 13.6 Å². The van der Waals surface area contributed by atoms with Gasteiger partial charge in [0.2, 0.25) is 0 Å². The first-order chi connectivity index (χ1) is 10.8. The number of nitrogens with zero attached hydrogens (tertiary/aromatic N) is 1. The molecule has 0 saturated carbocycles. The van der Waals surface area contributed by atoms with Crippen molar-refractivity contribution in [3.63, 3.8) is 0 Å². The normalized spacial score (nSPS) is 11.9. The second-order valence-electron chi connectivity index (χ2n) is 5.36. The van der Waals surface area contributed by atoms with Crippen molar-refractivity contribution in [2.24, 2.45) is 4.99 Å². The van der Waals surface area contributed by atoms with E-state index in [1.807, 2.05) is 24.3 Å². The Kier molecular flexibility index (Phi) is 10.8. The third kappa shape index (κ3) is 9.84. The van der Waals surface area contributed by atoms with Crippen LogP contribution in [0.1, 0.15) is 31.7 Å². The van der Waals surface area contributed by atoms with E-state index in [-0.39, 0.29) is 30.5 Å². The molecule has 0 fully saturated rings. The van der Waals surface area contributed by atoms with Gasteiger partial charge in [0.05, 0.1) is 13.0 Å². The molecule has 0 amide bonds. The van der Waals surface area contributed by atoms with Crippen LogP contribution < -0.4 is 15.4 Å². The van der Waals surface area contributed by atoms with Crippen molar-refractivity contribution in [2.45, 2.75) is 32.4 Å². The van der Waals surface area contributed by atoms with E-state index < -0.39 is 12.6 Å². The summed E-state index contributed by atoms with van der Waals surface area (Å²) in [7, 11) is 1.51. The first-order valence-electron chi connectivity index (χ1n) is 7.56. The van der Waals surface area contributed by atoms with Crippen LogP contribution in [-0.2, 0) is 0 Å². The van der Waals surface area contributed by atoms with Crippen LogP contribution in [0.5, 0.6) is 5.75 Å². The van der Waals surface area contributed by atoms with E-state index >= 15 is 0 Å². The molecule has 0 aliphatic heterocycles. The largest absolute Gasteiger partial charge is 0.492 e. The summed E-state index contributed by atoms with van der Waals surface area (Å²) in [5.74, 6) is 1.56. The number of halogens is 4. The van der Waals surface area contributed by atoms with Crippen LogP contribution in [0.4, 0.5) is 13.2 Å². The molecule has 8 heteroatoms. The van der Waals surface area contributed by atoms with Crippen molar-refractivity contribution in [2.75, 3.05) is 26.7 Å². The highest BCUT2D eigenvalue weighted by molar-refractivity contribution is 14.0. The maximum atomic E-state index is 12.1. The van der Waals surface area contributed by atoms with Gasteiger partial charge in [-0.3, -0.25) is 4.99 Å². The van der Waals surface area contributed by atoms with E-state index in [0.717, 1.165) is 5.75 Å². The summed E-state index contributed by atoms with van der Waals surface area (Å²) in [6, 6.07) is 7.85. The standard InChI is InChI=1S/C16H24F3N3O.HI/c1-12(2)13-4-6-14(7-5-13)23-11-10-22-15(20-3)21-9-8-16(17,18)19;/h4-7,12H,8-11H2,1-3H3,(H2,20,21,22);1H. The number of benzene rings is 1. The highest BCUT2D eigenvalue weighted by atomic mass is 127. The molecule has 1 rings (SSSR count). The van der Waals surface area contributed by atoms with Gasteiger partial charge in [-0.25, -0.2) is 0 Å². The number of hydrogen-bond acceptors (Lipinski definition) is 2. The van der Waals surface area contributed by atoms with Gasteiger partial charge in [-0.05, 0) is 23.6 Å². The van der Waals surface area contributed by atoms with Gasteiger partial charge in [-0.15, -0.1) is 24.0 Å². The Morgan fingerprint density at radius 3 is 2.21 bits per heavy atom. The Hall–Kier alpha value is -1.19. The minimum absolute atomic E-state index is 0. The number of hydrogen-bond donors (Lipinski definition) is 2. The van der Waals surface area contributed by atoms with Gasteiger partial charge in [-0.2, -0.15) is 13.2 Å². The number of rotatable bonds is 7. The molecule has 2 N–H and O–H groups in total. The summed E-state index contributed by atoms with van der Waals surface area (Å²) in [5, 5.41) is 5.51. The molecule has 0 aliphatic carbocycles. The lowest BCUT2D eigenvalue weighted by molar-refractivity contribution is -0.132. The molecule has 0 spiro atoms. The van der Waals surface area contributed by atoms with Crippen LogP contribution >= 0.6 is 24.0 Å². The molecule has 0 aliphatic rings. The quantitative estimate of drug-likeness (QED) is 0.281. The Bertz CT molecular complexity index is 490. The first-order valence-corrected chi connectivity index (χ1v) is 7.56. The zero-order valence-electron chi connectivity index (χ0n) is 14.1. The smallest absolute Gasteiger partial charge is 0.390 e. The minimum Gasteiger partial charge on any atom is -0.492 e. The summed E-state index contributed by atoms with van der Waals surface area (Å²) in [5.41, 5.74) is 1.24. The molecule has 1 aromatic rings. The molecule has 0 atom stereocenters. The fraction of sp³-hybridized carbons (Fsp3) is 0.562. The van der Waals surface area contributed by atoms with E-state index in [4.69, 9.17) is 4.74 Å². The topological polar surface area (TPSA) is 45.7 Å². The number of nitrogens with one attached hydrogen (secondary N) is 2. The number of alkyl halides is 3. The molecular weight excluding hydrogens is 434 g/mol. The molecule has 1 aromatic carbocycles. The highest BCUT2D eigenvalue weighted by Gasteiger charge is 2.26. The van der Waals surface area contributed by atoms with Crippen LogP contribution in [0, 0.1) is 0 Å². The van der Waals surface area contributed by atoms with Crippen LogP contribution in [0.3, 0.4) is 0 Å². The number of guanidine groups is 1. The lowest BCUT2D eigenvalue weighted by Gasteiger charge is -2.13. The lowest BCUT2D eigenvalue weighted by Crippen LogP contribution is -2.40.